The first-order valence-corrected chi connectivity index (χ1v) is 4.03. The van der Waals surface area contributed by atoms with Crippen LogP contribution in [-0.4, -0.2) is 16.1 Å². The highest BCUT2D eigenvalue weighted by atomic mass is 35.5. The number of halogens is 1. The number of alkyl halides is 1. The molecule has 0 radical (unpaired) electrons. The first-order chi connectivity index (χ1) is 5.06. The van der Waals surface area contributed by atoms with E-state index in [9.17, 15) is 5.11 Å². The molecule has 0 heterocycles. The van der Waals surface area contributed by atoms with Gasteiger partial charge in [0.15, 0.2) is 0 Å². The van der Waals surface area contributed by atoms with Crippen LogP contribution in [0.2, 0.25) is 0 Å². The Morgan fingerprint density at radius 3 is 2.00 bits per heavy atom. The second kappa shape index (κ2) is 4.58. The Kier molecular flexibility index (Phi) is 4.46. The molecule has 0 rings (SSSR count). The summed E-state index contributed by atoms with van der Waals surface area (Å²) in [5, 5.41) is 9.31. The van der Waals surface area contributed by atoms with Gasteiger partial charge in [-0.05, 0) is 19.8 Å². The van der Waals surface area contributed by atoms with Crippen molar-refractivity contribution < 1.29 is 5.11 Å². The van der Waals surface area contributed by atoms with Crippen LogP contribution in [0.15, 0.2) is 25.3 Å². The number of aliphatic hydroxyl groups is 1. The van der Waals surface area contributed by atoms with Crippen LogP contribution < -0.4 is 0 Å². The fourth-order valence-electron chi connectivity index (χ4n) is 0.904. The van der Waals surface area contributed by atoms with E-state index in [1.54, 1.807) is 19.1 Å². The van der Waals surface area contributed by atoms with Crippen molar-refractivity contribution in [1.82, 2.24) is 0 Å². The molecule has 1 atom stereocenters. The summed E-state index contributed by atoms with van der Waals surface area (Å²) in [7, 11) is 0. The number of rotatable bonds is 5. The zero-order valence-electron chi connectivity index (χ0n) is 6.89. The van der Waals surface area contributed by atoms with Gasteiger partial charge in [-0.2, -0.15) is 0 Å². The van der Waals surface area contributed by atoms with E-state index in [0.717, 1.165) is 0 Å². The SMILES string of the molecule is C=CCC(Cl)(CC=C)C(C)O. The van der Waals surface area contributed by atoms with Gasteiger partial charge < -0.3 is 5.11 Å². The highest BCUT2D eigenvalue weighted by Gasteiger charge is 2.29. The molecule has 1 unspecified atom stereocenters. The third-order valence-corrected chi connectivity index (χ3v) is 2.34. The summed E-state index contributed by atoms with van der Waals surface area (Å²) < 4.78 is 0. The minimum atomic E-state index is -0.608. The van der Waals surface area contributed by atoms with E-state index >= 15 is 0 Å². The van der Waals surface area contributed by atoms with E-state index in [1.165, 1.54) is 0 Å². The zero-order chi connectivity index (χ0) is 8.91. The molecule has 1 N–H and O–H groups in total. The number of allylic oxidation sites excluding steroid dienone is 2. The predicted molar refractivity (Wildman–Crippen MR) is 49.9 cm³/mol. The molecule has 64 valence electrons. The molecule has 1 nitrogen and oxygen atoms in total. The Balaban J connectivity index is 4.23. The monoisotopic (exact) mass is 174 g/mol. The molecular weight excluding hydrogens is 160 g/mol. The normalized spacial score (nSPS) is 14.1. The highest BCUT2D eigenvalue weighted by molar-refractivity contribution is 6.24. The maximum Gasteiger partial charge on any atom is 0.0770 e. The number of hydrogen-bond acceptors (Lipinski definition) is 1. The van der Waals surface area contributed by atoms with Gasteiger partial charge in [-0.3, -0.25) is 0 Å². The predicted octanol–water partition coefficient (Wildman–Crippen LogP) is 2.50. The Labute approximate surface area is 73.4 Å². The largest absolute Gasteiger partial charge is 0.392 e. The summed E-state index contributed by atoms with van der Waals surface area (Å²) in [6.45, 7) is 8.84. The molecule has 0 aromatic carbocycles. The lowest BCUT2D eigenvalue weighted by atomic mass is 9.95. The second-order valence-corrected chi connectivity index (χ2v) is 3.45. The summed E-state index contributed by atoms with van der Waals surface area (Å²) >= 11 is 6.08. The molecule has 0 saturated heterocycles. The average Bonchev–Trinajstić information content (AvgIpc) is 1.88. The molecular formula is C9H15ClO. The van der Waals surface area contributed by atoms with Crippen LogP contribution in [0.4, 0.5) is 0 Å². The molecule has 0 aromatic heterocycles. The minimum Gasteiger partial charge on any atom is -0.392 e. The molecule has 11 heavy (non-hydrogen) atoms. The molecule has 2 heteroatoms. The molecule has 0 aliphatic heterocycles. The van der Waals surface area contributed by atoms with Crippen molar-refractivity contribution in [3.05, 3.63) is 25.3 Å². The van der Waals surface area contributed by atoms with Gasteiger partial charge in [0.2, 0.25) is 0 Å². The topological polar surface area (TPSA) is 20.2 Å². The van der Waals surface area contributed by atoms with Crippen LogP contribution in [-0.2, 0) is 0 Å². The average molecular weight is 175 g/mol. The van der Waals surface area contributed by atoms with Gasteiger partial charge in [0.1, 0.15) is 0 Å². The Bertz CT molecular complexity index is 130. The van der Waals surface area contributed by atoms with Crippen molar-refractivity contribution in [3.8, 4) is 0 Å². The van der Waals surface area contributed by atoms with Crippen LogP contribution in [0.5, 0.6) is 0 Å². The van der Waals surface area contributed by atoms with Crippen molar-refractivity contribution in [2.75, 3.05) is 0 Å². The zero-order valence-corrected chi connectivity index (χ0v) is 7.64. The van der Waals surface area contributed by atoms with Gasteiger partial charge in [-0.15, -0.1) is 24.8 Å². The van der Waals surface area contributed by atoms with E-state index in [1.807, 2.05) is 0 Å². The van der Waals surface area contributed by atoms with E-state index in [-0.39, 0.29) is 0 Å². The maximum absolute atomic E-state index is 9.31. The minimum absolute atomic E-state index is 0.542. The van der Waals surface area contributed by atoms with Crippen molar-refractivity contribution >= 4 is 11.6 Å². The fourth-order valence-corrected chi connectivity index (χ4v) is 1.12. The second-order valence-electron chi connectivity index (χ2n) is 2.70. The van der Waals surface area contributed by atoms with Crippen molar-refractivity contribution in [1.29, 1.82) is 0 Å². The van der Waals surface area contributed by atoms with E-state index in [2.05, 4.69) is 13.2 Å². The van der Waals surface area contributed by atoms with Crippen LogP contribution in [0.1, 0.15) is 19.8 Å². The summed E-state index contributed by atoms with van der Waals surface area (Å²) in [5.74, 6) is 0. The smallest absolute Gasteiger partial charge is 0.0770 e. The third kappa shape index (κ3) is 3.08. The third-order valence-electron chi connectivity index (χ3n) is 1.72. The fraction of sp³-hybridized carbons (Fsp3) is 0.556. The highest BCUT2D eigenvalue weighted by Crippen LogP contribution is 2.29. The van der Waals surface area contributed by atoms with Gasteiger partial charge in [0.25, 0.3) is 0 Å². The summed E-state index contributed by atoms with van der Waals surface area (Å²) in [4.78, 5) is -0.608. The van der Waals surface area contributed by atoms with E-state index in [0.29, 0.717) is 12.8 Å². The Morgan fingerprint density at radius 2 is 1.82 bits per heavy atom. The summed E-state index contributed by atoms with van der Waals surface area (Å²) in [5.41, 5.74) is 0. The van der Waals surface area contributed by atoms with Crippen molar-refractivity contribution in [2.45, 2.75) is 30.7 Å². The van der Waals surface area contributed by atoms with Crippen molar-refractivity contribution in [3.63, 3.8) is 0 Å². The number of aliphatic hydroxyl groups excluding tert-OH is 1. The van der Waals surface area contributed by atoms with Crippen LogP contribution in [0, 0.1) is 0 Å². The lowest BCUT2D eigenvalue weighted by molar-refractivity contribution is 0.144. The molecule has 0 saturated carbocycles. The van der Waals surface area contributed by atoms with Gasteiger partial charge in [-0.1, -0.05) is 12.2 Å². The summed E-state index contributed by atoms with van der Waals surface area (Å²) in [6.07, 6.45) is 4.07. The summed E-state index contributed by atoms with van der Waals surface area (Å²) in [6, 6.07) is 0. The molecule has 0 aromatic rings. The standard InChI is InChI=1S/C9H15ClO/c1-4-6-9(10,7-5-2)8(3)11/h4-5,8,11H,1-2,6-7H2,3H3. The molecule has 0 aliphatic carbocycles. The van der Waals surface area contributed by atoms with E-state index in [4.69, 9.17) is 11.6 Å². The molecule has 0 spiro atoms. The Hall–Kier alpha value is -0.270. The van der Waals surface area contributed by atoms with Gasteiger partial charge in [0.05, 0.1) is 11.0 Å². The first-order valence-electron chi connectivity index (χ1n) is 3.65. The van der Waals surface area contributed by atoms with Crippen LogP contribution >= 0.6 is 11.6 Å². The Morgan fingerprint density at radius 1 is 1.45 bits per heavy atom. The first kappa shape index (κ1) is 10.7. The van der Waals surface area contributed by atoms with Crippen LogP contribution in [0.25, 0.3) is 0 Å². The maximum atomic E-state index is 9.31. The quantitative estimate of drug-likeness (QED) is 0.502. The van der Waals surface area contributed by atoms with E-state index < -0.39 is 11.0 Å². The van der Waals surface area contributed by atoms with Gasteiger partial charge >= 0.3 is 0 Å². The number of hydrogen-bond donors (Lipinski definition) is 1. The van der Waals surface area contributed by atoms with Gasteiger partial charge in [-0.25, -0.2) is 0 Å². The molecule has 0 bridgehead atoms. The van der Waals surface area contributed by atoms with Gasteiger partial charge in [0, 0.05) is 0 Å². The molecule has 0 aliphatic rings. The molecule has 0 fully saturated rings. The van der Waals surface area contributed by atoms with Crippen molar-refractivity contribution in [2.24, 2.45) is 0 Å². The lowest BCUT2D eigenvalue weighted by Crippen LogP contribution is -2.33. The lowest BCUT2D eigenvalue weighted by Gasteiger charge is -2.27. The van der Waals surface area contributed by atoms with Crippen LogP contribution in [0.3, 0.4) is 0 Å². The molecule has 0 amide bonds.